The van der Waals surface area contributed by atoms with Crippen molar-refractivity contribution in [3.8, 4) is 0 Å². The number of aryl methyl sites for hydroxylation is 1. The number of rotatable bonds is 7. The molecule has 1 rings (SSSR count). The topological polar surface area (TPSA) is 72.9 Å². The predicted molar refractivity (Wildman–Crippen MR) is 63.1 cm³/mol. The molecule has 0 bridgehead atoms. The molecular formula is C11H20N4O. The molecule has 1 aromatic heterocycles. The molecule has 0 aliphatic carbocycles. The summed E-state index contributed by atoms with van der Waals surface area (Å²) >= 11 is 0. The quantitative estimate of drug-likeness (QED) is 0.668. The molecule has 5 heteroatoms. The van der Waals surface area contributed by atoms with Crippen LogP contribution in [0.5, 0.6) is 0 Å². The first-order chi connectivity index (χ1) is 7.74. The number of hydrogen-bond donors (Lipinski definition) is 2. The van der Waals surface area contributed by atoms with E-state index >= 15 is 0 Å². The van der Waals surface area contributed by atoms with Crippen LogP contribution in [-0.2, 0) is 7.05 Å². The van der Waals surface area contributed by atoms with Crippen molar-refractivity contribution in [2.24, 2.45) is 12.8 Å². The molecule has 0 saturated carbocycles. The highest BCUT2D eigenvalue weighted by Gasteiger charge is 2.06. The molecule has 1 heterocycles. The minimum atomic E-state index is -0.0978. The van der Waals surface area contributed by atoms with Gasteiger partial charge in [-0.15, -0.1) is 0 Å². The molecule has 90 valence electrons. The van der Waals surface area contributed by atoms with Crippen LogP contribution in [0.1, 0.15) is 36.2 Å². The Bertz CT molecular complexity index is 322. The number of carbonyl (C=O) groups excluding carboxylic acids is 1. The van der Waals surface area contributed by atoms with Gasteiger partial charge in [0.25, 0.3) is 5.91 Å². The van der Waals surface area contributed by atoms with Gasteiger partial charge in [0.15, 0.2) is 0 Å². The van der Waals surface area contributed by atoms with Gasteiger partial charge < -0.3 is 15.6 Å². The maximum Gasteiger partial charge on any atom is 0.271 e. The highest BCUT2D eigenvalue weighted by atomic mass is 16.1. The first-order valence-electron chi connectivity index (χ1n) is 5.70. The number of aromatic nitrogens is 2. The van der Waals surface area contributed by atoms with E-state index in [-0.39, 0.29) is 5.91 Å². The van der Waals surface area contributed by atoms with Crippen LogP contribution < -0.4 is 11.1 Å². The second kappa shape index (κ2) is 7.00. The van der Waals surface area contributed by atoms with E-state index in [1.54, 1.807) is 17.1 Å². The van der Waals surface area contributed by atoms with Crippen LogP contribution in [0.25, 0.3) is 0 Å². The van der Waals surface area contributed by atoms with E-state index in [2.05, 4.69) is 10.3 Å². The van der Waals surface area contributed by atoms with E-state index in [9.17, 15) is 4.79 Å². The summed E-state index contributed by atoms with van der Waals surface area (Å²) in [7, 11) is 1.84. The van der Waals surface area contributed by atoms with Crippen molar-refractivity contribution in [1.82, 2.24) is 14.9 Å². The molecule has 5 nitrogen and oxygen atoms in total. The van der Waals surface area contributed by atoms with Crippen molar-refractivity contribution in [1.29, 1.82) is 0 Å². The molecule has 1 aromatic rings. The Hall–Kier alpha value is -1.36. The van der Waals surface area contributed by atoms with Crippen LogP contribution in [0.2, 0.25) is 0 Å². The minimum absolute atomic E-state index is 0.0978. The third kappa shape index (κ3) is 4.44. The van der Waals surface area contributed by atoms with Crippen molar-refractivity contribution < 1.29 is 4.79 Å². The summed E-state index contributed by atoms with van der Waals surface area (Å²) < 4.78 is 1.76. The predicted octanol–water partition coefficient (Wildman–Crippen LogP) is 0.669. The van der Waals surface area contributed by atoms with E-state index in [0.717, 1.165) is 32.2 Å². The molecule has 3 N–H and O–H groups in total. The number of hydrogen-bond acceptors (Lipinski definition) is 3. The Morgan fingerprint density at radius 3 is 2.81 bits per heavy atom. The standard InChI is InChI=1S/C11H20N4O/c1-15-8-10(14-9-15)11(16)13-7-5-3-2-4-6-12/h8-9H,2-7,12H2,1H3,(H,13,16). The fourth-order valence-corrected chi connectivity index (χ4v) is 1.45. The molecule has 0 fully saturated rings. The summed E-state index contributed by atoms with van der Waals surface area (Å²) in [6, 6.07) is 0. The Morgan fingerprint density at radius 2 is 2.19 bits per heavy atom. The van der Waals surface area contributed by atoms with Gasteiger partial charge in [0.05, 0.1) is 6.33 Å². The summed E-state index contributed by atoms with van der Waals surface area (Å²) in [5.41, 5.74) is 5.87. The molecule has 0 aromatic carbocycles. The fourth-order valence-electron chi connectivity index (χ4n) is 1.45. The summed E-state index contributed by atoms with van der Waals surface area (Å²) in [5, 5.41) is 2.84. The average molecular weight is 224 g/mol. The number of amides is 1. The molecule has 1 amide bonds. The lowest BCUT2D eigenvalue weighted by molar-refractivity contribution is 0.0948. The number of nitrogens with zero attached hydrogens (tertiary/aromatic N) is 2. The monoisotopic (exact) mass is 224 g/mol. The third-order valence-electron chi connectivity index (χ3n) is 2.35. The van der Waals surface area contributed by atoms with Crippen LogP contribution in [0.3, 0.4) is 0 Å². The number of carbonyl (C=O) groups is 1. The molecule has 0 unspecified atom stereocenters. The van der Waals surface area contributed by atoms with Gasteiger partial charge in [-0.05, 0) is 19.4 Å². The van der Waals surface area contributed by atoms with Gasteiger partial charge in [-0.25, -0.2) is 4.98 Å². The fraction of sp³-hybridized carbons (Fsp3) is 0.636. The van der Waals surface area contributed by atoms with Crippen molar-refractivity contribution in [3.63, 3.8) is 0 Å². The first kappa shape index (κ1) is 12.7. The number of imidazole rings is 1. The van der Waals surface area contributed by atoms with Gasteiger partial charge in [0.1, 0.15) is 5.69 Å². The maximum atomic E-state index is 11.5. The molecule has 0 aliphatic rings. The smallest absolute Gasteiger partial charge is 0.271 e. The van der Waals surface area contributed by atoms with Crippen LogP contribution in [0.15, 0.2) is 12.5 Å². The van der Waals surface area contributed by atoms with Gasteiger partial charge in [-0.1, -0.05) is 12.8 Å². The van der Waals surface area contributed by atoms with Crippen molar-refractivity contribution in [2.75, 3.05) is 13.1 Å². The lowest BCUT2D eigenvalue weighted by Crippen LogP contribution is -2.24. The summed E-state index contributed by atoms with van der Waals surface area (Å²) in [6.45, 7) is 1.46. The Labute approximate surface area is 96.0 Å². The zero-order valence-electron chi connectivity index (χ0n) is 9.78. The number of unbranched alkanes of at least 4 members (excludes halogenated alkanes) is 3. The van der Waals surface area contributed by atoms with Crippen LogP contribution in [0.4, 0.5) is 0 Å². The normalized spacial score (nSPS) is 10.4. The lowest BCUT2D eigenvalue weighted by atomic mass is 10.2. The second-order valence-corrected chi connectivity index (χ2v) is 3.88. The van der Waals surface area contributed by atoms with E-state index in [1.165, 1.54) is 0 Å². The molecule has 0 spiro atoms. The Kier molecular flexibility index (Phi) is 5.56. The van der Waals surface area contributed by atoms with E-state index < -0.39 is 0 Å². The Morgan fingerprint density at radius 1 is 1.44 bits per heavy atom. The van der Waals surface area contributed by atoms with Crippen LogP contribution in [0, 0.1) is 0 Å². The average Bonchev–Trinajstić information content (AvgIpc) is 2.70. The summed E-state index contributed by atoms with van der Waals surface area (Å²) in [5.74, 6) is -0.0978. The minimum Gasteiger partial charge on any atom is -0.351 e. The Balaban J connectivity index is 2.11. The molecule has 16 heavy (non-hydrogen) atoms. The molecule has 0 aliphatic heterocycles. The zero-order valence-corrected chi connectivity index (χ0v) is 9.78. The summed E-state index contributed by atoms with van der Waals surface area (Å²) in [4.78, 5) is 15.5. The largest absolute Gasteiger partial charge is 0.351 e. The van der Waals surface area contributed by atoms with E-state index in [1.807, 2.05) is 7.05 Å². The molecular weight excluding hydrogens is 204 g/mol. The zero-order chi connectivity index (χ0) is 11.8. The number of nitrogens with two attached hydrogens (primary N) is 1. The summed E-state index contributed by atoms with van der Waals surface area (Å²) in [6.07, 6.45) is 7.64. The second-order valence-electron chi connectivity index (χ2n) is 3.88. The molecule has 0 atom stereocenters. The van der Waals surface area contributed by atoms with Gasteiger partial charge in [0.2, 0.25) is 0 Å². The van der Waals surface area contributed by atoms with E-state index in [4.69, 9.17) is 5.73 Å². The van der Waals surface area contributed by atoms with Crippen molar-refractivity contribution in [3.05, 3.63) is 18.2 Å². The van der Waals surface area contributed by atoms with E-state index in [0.29, 0.717) is 12.2 Å². The lowest BCUT2D eigenvalue weighted by Gasteiger charge is -2.02. The SMILES string of the molecule is Cn1cnc(C(=O)NCCCCCCN)c1. The van der Waals surface area contributed by atoms with Crippen LogP contribution in [-0.4, -0.2) is 28.5 Å². The highest BCUT2D eigenvalue weighted by molar-refractivity contribution is 5.91. The first-order valence-corrected chi connectivity index (χ1v) is 5.70. The third-order valence-corrected chi connectivity index (χ3v) is 2.35. The van der Waals surface area contributed by atoms with Gasteiger partial charge in [-0.2, -0.15) is 0 Å². The van der Waals surface area contributed by atoms with Crippen molar-refractivity contribution >= 4 is 5.91 Å². The van der Waals surface area contributed by atoms with Gasteiger partial charge in [0, 0.05) is 19.8 Å². The van der Waals surface area contributed by atoms with Crippen molar-refractivity contribution in [2.45, 2.75) is 25.7 Å². The van der Waals surface area contributed by atoms with Gasteiger partial charge in [-0.3, -0.25) is 4.79 Å². The highest BCUT2D eigenvalue weighted by Crippen LogP contribution is 1.98. The molecule has 0 saturated heterocycles. The maximum absolute atomic E-state index is 11.5. The van der Waals surface area contributed by atoms with Gasteiger partial charge >= 0.3 is 0 Å². The number of nitrogens with one attached hydrogen (secondary N) is 1. The van der Waals surface area contributed by atoms with Crippen LogP contribution >= 0.6 is 0 Å². The molecule has 0 radical (unpaired) electrons.